The quantitative estimate of drug-likeness (QED) is 0.592. The molecule has 0 radical (unpaired) electrons. The zero-order chi connectivity index (χ0) is 20.1. The number of carbonyl (C=O) groups is 1. The van der Waals surface area contributed by atoms with E-state index in [0.29, 0.717) is 30.5 Å². The summed E-state index contributed by atoms with van der Waals surface area (Å²) < 4.78 is 11.9. The van der Waals surface area contributed by atoms with Crippen molar-refractivity contribution in [1.82, 2.24) is 0 Å². The summed E-state index contributed by atoms with van der Waals surface area (Å²) in [6.07, 6.45) is 0. The maximum absolute atomic E-state index is 11.3. The van der Waals surface area contributed by atoms with Crippen LogP contribution in [0.15, 0.2) is 76.7 Å². The molecular formula is C23H22ClN3O3. The Morgan fingerprint density at radius 1 is 0.900 bits per heavy atom. The number of halogens is 1. The molecule has 0 fully saturated rings. The molecule has 0 spiro atoms. The minimum atomic E-state index is -0.460. The molecule has 0 aromatic heterocycles. The van der Waals surface area contributed by atoms with E-state index in [2.05, 4.69) is 15.3 Å². The van der Waals surface area contributed by atoms with Gasteiger partial charge in [-0.25, -0.2) is 4.79 Å². The van der Waals surface area contributed by atoms with Gasteiger partial charge in [-0.15, -0.1) is 12.4 Å². The van der Waals surface area contributed by atoms with Crippen LogP contribution >= 0.6 is 12.4 Å². The number of anilines is 1. The molecule has 3 aromatic carbocycles. The molecule has 1 aliphatic heterocycles. The number of nitrogens with one attached hydrogen (secondary N) is 1. The van der Waals surface area contributed by atoms with Crippen molar-refractivity contribution in [3.8, 4) is 11.5 Å². The maximum Gasteiger partial charge on any atom is 0.368 e. The first-order chi connectivity index (χ1) is 14.2. The SMILES string of the molecule is CCOc1cccc(CNc2ccc3c(c2)=NC(=O)N=3)c1OCc1ccccc1.Cl. The molecule has 7 heteroatoms. The van der Waals surface area contributed by atoms with E-state index in [1.54, 1.807) is 6.07 Å². The Kier molecular flexibility index (Phi) is 7.03. The second-order valence-electron chi connectivity index (χ2n) is 6.51. The molecule has 0 saturated heterocycles. The van der Waals surface area contributed by atoms with E-state index < -0.39 is 6.03 Å². The van der Waals surface area contributed by atoms with Gasteiger partial charge < -0.3 is 14.8 Å². The number of nitrogens with zero attached hydrogens (tertiary/aromatic N) is 2. The second-order valence-corrected chi connectivity index (χ2v) is 6.51. The van der Waals surface area contributed by atoms with Crippen LogP contribution in [0.3, 0.4) is 0 Å². The van der Waals surface area contributed by atoms with Gasteiger partial charge in [0.15, 0.2) is 11.5 Å². The smallest absolute Gasteiger partial charge is 0.368 e. The zero-order valence-corrected chi connectivity index (χ0v) is 17.3. The fourth-order valence-electron chi connectivity index (χ4n) is 3.11. The third-order valence-corrected chi connectivity index (χ3v) is 4.48. The first-order valence-electron chi connectivity index (χ1n) is 9.49. The van der Waals surface area contributed by atoms with Crippen LogP contribution < -0.4 is 25.5 Å². The molecule has 3 aromatic rings. The van der Waals surface area contributed by atoms with Gasteiger partial charge in [-0.1, -0.05) is 42.5 Å². The van der Waals surface area contributed by atoms with Gasteiger partial charge in [0.05, 0.1) is 17.3 Å². The lowest BCUT2D eigenvalue weighted by atomic mass is 10.1. The Morgan fingerprint density at radius 2 is 1.70 bits per heavy atom. The van der Waals surface area contributed by atoms with E-state index in [4.69, 9.17) is 9.47 Å². The van der Waals surface area contributed by atoms with Crippen LogP contribution in [-0.2, 0) is 13.2 Å². The highest BCUT2D eigenvalue weighted by Gasteiger charge is 2.12. The van der Waals surface area contributed by atoms with E-state index in [1.807, 2.05) is 67.6 Å². The summed E-state index contributed by atoms with van der Waals surface area (Å²) in [5, 5.41) is 4.55. The minimum Gasteiger partial charge on any atom is -0.490 e. The largest absolute Gasteiger partial charge is 0.490 e. The van der Waals surface area contributed by atoms with Crippen molar-refractivity contribution in [2.24, 2.45) is 9.98 Å². The zero-order valence-electron chi connectivity index (χ0n) is 16.5. The Hall–Kier alpha value is -3.38. The molecule has 0 bridgehead atoms. The highest BCUT2D eigenvalue weighted by Crippen LogP contribution is 2.32. The number of amides is 2. The molecule has 1 N–H and O–H groups in total. The number of para-hydroxylation sites is 1. The lowest BCUT2D eigenvalue weighted by Crippen LogP contribution is -2.21. The van der Waals surface area contributed by atoms with Crippen LogP contribution in [0, 0.1) is 0 Å². The molecule has 4 rings (SSSR count). The monoisotopic (exact) mass is 423 g/mol. The third-order valence-electron chi connectivity index (χ3n) is 4.48. The summed E-state index contributed by atoms with van der Waals surface area (Å²) in [6.45, 7) is 3.50. The molecule has 6 nitrogen and oxygen atoms in total. The van der Waals surface area contributed by atoms with Crippen molar-refractivity contribution in [1.29, 1.82) is 0 Å². The third kappa shape index (κ3) is 4.96. The fraction of sp³-hybridized carbons (Fsp3) is 0.174. The Labute approximate surface area is 180 Å². The van der Waals surface area contributed by atoms with Gasteiger partial charge >= 0.3 is 6.03 Å². The molecule has 0 atom stereocenters. The van der Waals surface area contributed by atoms with Crippen molar-refractivity contribution in [2.75, 3.05) is 11.9 Å². The van der Waals surface area contributed by atoms with Crippen molar-refractivity contribution in [3.63, 3.8) is 0 Å². The van der Waals surface area contributed by atoms with Gasteiger partial charge in [0.2, 0.25) is 0 Å². The van der Waals surface area contributed by atoms with Gasteiger partial charge in [-0.05, 0) is 36.8 Å². The lowest BCUT2D eigenvalue weighted by molar-refractivity contribution is 0.256. The first kappa shape index (κ1) is 21.3. The van der Waals surface area contributed by atoms with Crippen molar-refractivity contribution in [2.45, 2.75) is 20.1 Å². The molecule has 0 aliphatic carbocycles. The summed E-state index contributed by atoms with van der Waals surface area (Å²) >= 11 is 0. The highest BCUT2D eigenvalue weighted by molar-refractivity contribution is 5.85. The Morgan fingerprint density at radius 3 is 2.50 bits per heavy atom. The number of urea groups is 1. The van der Waals surface area contributed by atoms with E-state index in [1.165, 1.54) is 0 Å². The highest BCUT2D eigenvalue weighted by atomic mass is 35.5. The van der Waals surface area contributed by atoms with Gasteiger partial charge in [0.25, 0.3) is 0 Å². The number of fused-ring (bicyclic) bond motifs is 1. The number of rotatable bonds is 8. The maximum atomic E-state index is 11.3. The van der Waals surface area contributed by atoms with Crippen molar-refractivity contribution >= 4 is 24.1 Å². The molecule has 0 unspecified atom stereocenters. The number of hydrogen-bond donors (Lipinski definition) is 1. The summed E-state index contributed by atoms with van der Waals surface area (Å²) in [6, 6.07) is 20.9. The summed E-state index contributed by atoms with van der Waals surface area (Å²) in [5.41, 5.74) is 2.92. The van der Waals surface area contributed by atoms with E-state index in [0.717, 1.165) is 28.3 Å². The van der Waals surface area contributed by atoms with Gasteiger partial charge in [-0.2, -0.15) is 9.98 Å². The summed E-state index contributed by atoms with van der Waals surface area (Å²) in [7, 11) is 0. The van der Waals surface area contributed by atoms with E-state index >= 15 is 0 Å². The van der Waals surface area contributed by atoms with Crippen LogP contribution in [0.2, 0.25) is 0 Å². The lowest BCUT2D eigenvalue weighted by Gasteiger charge is -2.17. The molecule has 154 valence electrons. The average molecular weight is 424 g/mol. The Balaban J connectivity index is 0.00000256. The van der Waals surface area contributed by atoms with E-state index in [9.17, 15) is 4.79 Å². The van der Waals surface area contributed by atoms with Gasteiger partial charge in [0.1, 0.15) is 6.61 Å². The van der Waals surface area contributed by atoms with Gasteiger partial charge in [0, 0.05) is 17.8 Å². The van der Waals surface area contributed by atoms with E-state index in [-0.39, 0.29) is 12.4 Å². The topological polar surface area (TPSA) is 72.3 Å². The van der Waals surface area contributed by atoms with Crippen LogP contribution in [0.1, 0.15) is 18.1 Å². The number of carbonyl (C=O) groups excluding carboxylic acids is 1. The fourth-order valence-corrected chi connectivity index (χ4v) is 3.11. The normalized spacial score (nSPS) is 11.6. The number of benzene rings is 3. The van der Waals surface area contributed by atoms with Crippen LogP contribution in [-0.4, -0.2) is 12.6 Å². The first-order valence-corrected chi connectivity index (χ1v) is 9.49. The molecular weight excluding hydrogens is 402 g/mol. The molecule has 0 saturated carbocycles. The predicted octanol–water partition coefficient (Wildman–Crippen LogP) is 4.07. The summed E-state index contributed by atoms with van der Waals surface area (Å²) in [5.74, 6) is 1.44. The molecule has 30 heavy (non-hydrogen) atoms. The molecule has 1 aliphatic rings. The van der Waals surface area contributed by atoms with Crippen molar-refractivity contribution in [3.05, 3.63) is 88.6 Å². The predicted molar refractivity (Wildman–Crippen MR) is 117 cm³/mol. The van der Waals surface area contributed by atoms with Crippen LogP contribution in [0.4, 0.5) is 10.5 Å². The second kappa shape index (κ2) is 9.89. The molecule has 2 amide bonds. The number of ether oxygens (including phenoxy) is 2. The van der Waals surface area contributed by atoms with Crippen LogP contribution in [0.25, 0.3) is 0 Å². The van der Waals surface area contributed by atoms with Crippen LogP contribution in [0.5, 0.6) is 11.5 Å². The minimum absolute atomic E-state index is 0. The van der Waals surface area contributed by atoms with Crippen molar-refractivity contribution < 1.29 is 14.3 Å². The standard InChI is InChI=1S/C23H21N3O3.ClH/c1-2-28-21-10-6-9-17(22(21)29-15-16-7-4-3-5-8-16)14-24-18-11-12-19-20(13-18)26-23(27)25-19;/h3-13,24H,2,14-15H2,1H3;1H. The van der Waals surface area contributed by atoms with Gasteiger partial charge in [-0.3, -0.25) is 0 Å². The summed E-state index contributed by atoms with van der Waals surface area (Å²) in [4.78, 5) is 19.1. The Bertz CT molecular complexity index is 1150. The molecule has 1 heterocycles. The number of hydrogen-bond acceptors (Lipinski definition) is 4. The average Bonchev–Trinajstić information content (AvgIpc) is 3.11.